The number of rotatable bonds is 4. The van der Waals surface area contributed by atoms with Crippen LogP contribution in [-0.4, -0.2) is 28.5 Å². The van der Waals surface area contributed by atoms with Crippen LogP contribution < -0.4 is 5.32 Å². The summed E-state index contributed by atoms with van der Waals surface area (Å²) >= 11 is 0. The van der Waals surface area contributed by atoms with Crippen LogP contribution in [0.5, 0.6) is 0 Å². The highest BCUT2D eigenvalue weighted by molar-refractivity contribution is 5.69. The molecular weight excluding hydrogens is 134 g/mol. The summed E-state index contributed by atoms with van der Waals surface area (Å²) in [4.78, 5) is 9.99. The molecule has 0 spiro atoms. The van der Waals surface area contributed by atoms with Gasteiger partial charge < -0.3 is 10.2 Å². The molecule has 4 heteroatoms. The summed E-state index contributed by atoms with van der Waals surface area (Å²) in [5.74, 6) is -0.964. The van der Waals surface area contributed by atoms with Crippen molar-refractivity contribution in [1.82, 2.24) is 5.32 Å². The van der Waals surface area contributed by atoms with E-state index >= 15 is 0 Å². The fourth-order valence-corrected chi connectivity index (χ4v) is 0.391. The molecule has 1 unspecified atom stereocenters. The number of carboxylic acids is 1. The standard InChI is InChI=1S/C6H13NO3/c1-3-6(2,10)7-4-5(8)9/h7,10H,3-4H2,1-2H3,(H,8,9). The smallest absolute Gasteiger partial charge is 0.317 e. The second kappa shape index (κ2) is 3.53. The van der Waals surface area contributed by atoms with Crippen molar-refractivity contribution >= 4 is 5.97 Å². The van der Waals surface area contributed by atoms with Crippen molar-refractivity contribution in [2.75, 3.05) is 6.54 Å². The van der Waals surface area contributed by atoms with Gasteiger partial charge in [-0.3, -0.25) is 10.1 Å². The van der Waals surface area contributed by atoms with Gasteiger partial charge in [0.2, 0.25) is 0 Å². The van der Waals surface area contributed by atoms with E-state index in [4.69, 9.17) is 5.11 Å². The summed E-state index contributed by atoms with van der Waals surface area (Å²) in [6, 6.07) is 0. The molecular formula is C6H13NO3. The Hall–Kier alpha value is -0.610. The van der Waals surface area contributed by atoms with Crippen LogP contribution in [0.15, 0.2) is 0 Å². The highest BCUT2D eigenvalue weighted by atomic mass is 16.4. The number of carboxylic acid groups (broad SMARTS) is 1. The summed E-state index contributed by atoms with van der Waals surface area (Å²) in [7, 11) is 0. The summed E-state index contributed by atoms with van der Waals surface area (Å²) < 4.78 is 0. The number of aliphatic carboxylic acids is 1. The SMILES string of the molecule is CCC(C)(O)NCC(=O)O. The first-order valence-corrected chi connectivity index (χ1v) is 3.17. The first kappa shape index (κ1) is 9.39. The molecule has 0 bridgehead atoms. The third kappa shape index (κ3) is 4.29. The predicted molar refractivity (Wildman–Crippen MR) is 36.6 cm³/mol. The molecule has 3 N–H and O–H groups in total. The Bertz CT molecular complexity index is 122. The normalized spacial score (nSPS) is 16.3. The molecule has 0 rings (SSSR count). The topological polar surface area (TPSA) is 69.6 Å². The van der Waals surface area contributed by atoms with Crippen LogP contribution >= 0.6 is 0 Å². The zero-order valence-electron chi connectivity index (χ0n) is 6.22. The fourth-order valence-electron chi connectivity index (χ4n) is 0.391. The van der Waals surface area contributed by atoms with Crippen LogP contribution in [-0.2, 0) is 4.79 Å². The lowest BCUT2D eigenvalue weighted by Gasteiger charge is -2.21. The van der Waals surface area contributed by atoms with E-state index in [0.29, 0.717) is 6.42 Å². The van der Waals surface area contributed by atoms with Gasteiger partial charge in [0.25, 0.3) is 0 Å². The molecule has 0 aliphatic carbocycles. The Kier molecular flexibility index (Phi) is 3.32. The van der Waals surface area contributed by atoms with Crippen molar-refractivity contribution in [2.24, 2.45) is 0 Å². The second-order valence-corrected chi connectivity index (χ2v) is 2.37. The van der Waals surface area contributed by atoms with E-state index < -0.39 is 11.7 Å². The zero-order valence-corrected chi connectivity index (χ0v) is 6.22. The van der Waals surface area contributed by atoms with Gasteiger partial charge in [-0.25, -0.2) is 0 Å². The molecule has 0 aliphatic heterocycles. The maximum Gasteiger partial charge on any atom is 0.317 e. The highest BCUT2D eigenvalue weighted by Crippen LogP contribution is 2.01. The Morgan fingerprint density at radius 2 is 2.20 bits per heavy atom. The van der Waals surface area contributed by atoms with Gasteiger partial charge in [-0.2, -0.15) is 0 Å². The van der Waals surface area contributed by atoms with Gasteiger partial charge in [0, 0.05) is 0 Å². The average Bonchev–Trinajstić information content (AvgIpc) is 1.85. The maximum absolute atomic E-state index is 9.99. The van der Waals surface area contributed by atoms with Gasteiger partial charge in [-0.1, -0.05) is 6.92 Å². The van der Waals surface area contributed by atoms with Crippen LogP contribution in [0, 0.1) is 0 Å². The molecule has 0 radical (unpaired) electrons. The summed E-state index contributed by atoms with van der Waals surface area (Å²) in [6.07, 6.45) is 0.486. The average molecular weight is 147 g/mol. The van der Waals surface area contributed by atoms with E-state index in [1.54, 1.807) is 6.92 Å². The number of hydrogen-bond donors (Lipinski definition) is 3. The molecule has 0 aromatic heterocycles. The Morgan fingerprint density at radius 3 is 2.50 bits per heavy atom. The lowest BCUT2D eigenvalue weighted by Crippen LogP contribution is -2.44. The van der Waals surface area contributed by atoms with Gasteiger partial charge in [-0.05, 0) is 13.3 Å². The fraction of sp³-hybridized carbons (Fsp3) is 0.833. The molecule has 0 aromatic carbocycles. The quantitative estimate of drug-likeness (QED) is 0.481. The van der Waals surface area contributed by atoms with Crippen molar-refractivity contribution < 1.29 is 15.0 Å². The summed E-state index contributed by atoms with van der Waals surface area (Å²) in [5.41, 5.74) is -1.06. The van der Waals surface area contributed by atoms with E-state index in [2.05, 4.69) is 5.32 Å². The maximum atomic E-state index is 9.99. The van der Waals surface area contributed by atoms with Crippen molar-refractivity contribution in [3.8, 4) is 0 Å². The molecule has 60 valence electrons. The lowest BCUT2D eigenvalue weighted by atomic mass is 10.2. The Balaban J connectivity index is 3.56. The molecule has 0 amide bonds. The van der Waals surface area contributed by atoms with Crippen molar-refractivity contribution in [2.45, 2.75) is 26.0 Å². The second-order valence-electron chi connectivity index (χ2n) is 2.37. The largest absolute Gasteiger partial charge is 0.480 e. The molecule has 0 saturated heterocycles. The first-order chi connectivity index (χ1) is 4.48. The minimum absolute atomic E-state index is 0.208. The van der Waals surface area contributed by atoms with Crippen LogP contribution in [0.2, 0.25) is 0 Å². The third-order valence-corrected chi connectivity index (χ3v) is 1.31. The predicted octanol–water partition coefficient (Wildman–Crippen LogP) is -0.221. The summed E-state index contributed by atoms with van der Waals surface area (Å²) in [5, 5.41) is 19.9. The molecule has 4 nitrogen and oxygen atoms in total. The zero-order chi connectivity index (χ0) is 8.20. The number of aliphatic hydroxyl groups is 1. The van der Waals surface area contributed by atoms with Gasteiger partial charge >= 0.3 is 5.97 Å². The lowest BCUT2D eigenvalue weighted by molar-refractivity contribution is -0.137. The van der Waals surface area contributed by atoms with Crippen LogP contribution in [0.25, 0.3) is 0 Å². The minimum atomic E-state index is -1.06. The van der Waals surface area contributed by atoms with Crippen molar-refractivity contribution in [3.05, 3.63) is 0 Å². The molecule has 0 fully saturated rings. The minimum Gasteiger partial charge on any atom is -0.480 e. The van der Waals surface area contributed by atoms with Crippen LogP contribution in [0.1, 0.15) is 20.3 Å². The summed E-state index contributed by atoms with van der Waals surface area (Å²) in [6.45, 7) is 3.10. The Morgan fingerprint density at radius 1 is 1.70 bits per heavy atom. The monoisotopic (exact) mass is 147 g/mol. The van der Waals surface area contributed by atoms with E-state index in [1.165, 1.54) is 6.92 Å². The molecule has 1 atom stereocenters. The number of nitrogens with one attached hydrogen (secondary N) is 1. The molecule has 0 saturated carbocycles. The van der Waals surface area contributed by atoms with E-state index in [-0.39, 0.29) is 6.54 Å². The third-order valence-electron chi connectivity index (χ3n) is 1.31. The van der Waals surface area contributed by atoms with Crippen molar-refractivity contribution in [1.29, 1.82) is 0 Å². The van der Waals surface area contributed by atoms with Gasteiger partial charge in [0.1, 0.15) is 5.72 Å². The van der Waals surface area contributed by atoms with Crippen LogP contribution in [0.4, 0.5) is 0 Å². The Labute approximate surface area is 59.9 Å². The molecule has 0 heterocycles. The molecule has 0 aliphatic rings. The van der Waals surface area contributed by atoms with Crippen LogP contribution in [0.3, 0.4) is 0 Å². The van der Waals surface area contributed by atoms with Gasteiger partial charge in [-0.15, -0.1) is 0 Å². The van der Waals surface area contributed by atoms with Crippen molar-refractivity contribution in [3.63, 3.8) is 0 Å². The number of hydrogen-bond acceptors (Lipinski definition) is 3. The number of carbonyl (C=O) groups is 1. The van der Waals surface area contributed by atoms with Gasteiger partial charge in [0.15, 0.2) is 0 Å². The first-order valence-electron chi connectivity index (χ1n) is 3.17. The highest BCUT2D eigenvalue weighted by Gasteiger charge is 2.16. The molecule has 0 aromatic rings. The van der Waals surface area contributed by atoms with E-state index in [1.807, 2.05) is 0 Å². The van der Waals surface area contributed by atoms with E-state index in [9.17, 15) is 9.90 Å². The molecule has 10 heavy (non-hydrogen) atoms. The van der Waals surface area contributed by atoms with E-state index in [0.717, 1.165) is 0 Å². The van der Waals surface area contributed by atoms with Gasteiger partial charge in [0.05, 0.1) is 6.54 Å².